The predicted octanol–water partition coefficient (Wildman–Crippen LogP) is 0.284. The van der Waals surface area contributed by atoms with Gasteiger partial charge < -0.3 is 16.0 Å². The number of nitrogens with zero attached hydrogens (tertiary/aromatic N) is 3. The van der Waals surface area contributed by atoms with Crippen molar-refractivity contribution in [3.05, 3.63) is 11.2 Å². The standard InChI is InChI=1S/C9H14ClN5O/c1-3-15(5-8(16)12-2)7-4-6(10)13-9(11)14-7/h4H,3,5H2,1-2H3,(H,12,16)(H2,11,13,14). The van der Waals surface area contributed by atoms with E-state index < -0.39 is 0 Å². The van der Waals surface area contributed by atoms with E-state index in [0.717, 1.165) is 0 Å². The van der Waals surface area contributed by atoms with Gasteiger partial charge in [0.1, 0.15) is 11.0 Å². The fraction of sp³-hybridized carbons (Fsp3) is 0.444. The van der Waals surface area contributed by atoms with Crippen LogP contribution in [-0.4, -0.2) is 36.0 Å². The first-order valence-electron chi connectivity index (χ1n) is 4.82. The normalized spacial score (nSPS) is 9.94. The van der Waals surface area contributed by atoms with Gasteiger partial charge in [0.25, 0.3) is 0 Å². The summed E-state index contributed by atoms with van der Waals surface area (Å²) in [5.74, 6) is 0.539. The van der Waals surface area contributed by atoms with Gasteiger partial charge in [0, 0.05) is 19.7 Å². The van der Waals surface area contributed by atoms with Gasteiger partial charge in [-0.1, -0.05) is 11.6 Å². The van der Waals surface area contributed by atoms with E-state index in [9.17, 15) is 4.79 Å². The summed E-state index contributed by atoms with van der Waals surface area (Å²) in [5, 5.41) is 2.80. The third-order valence-electron chi connectivity index (χ3n) is 2.02. The molecule has 0 saturated heterocycles. The number of carbonyl (C=O) groups excluding carboxylic acids is 1. The molecule has 1 rings (SSSR count). The zero-order valence-corrected chi connectivity index (χ0v) is 9.95. The average molecular weight is 244 g/mol. The molecule has 0 saturated carbocycles. The van der Waals surface area contributed by atoms with Gasteiger partial charge in [0.05, 0.1) is 6.54 Å². The zero-order valence-electron chi connectivity index (χ0n) is 9.20. The summed E-state index contributed by atoms with van der Waals surface area (Å²) in [6.45, 7) is 2.75. The monoisotopic (exact) mass is 243 g/mol. The number of hydrogen-bond acceptors (Lipinski definition) is 5. The number of nitrogen functional groups attached to an aromatic ring is 1. The highest BCUT2D eigenvalue weighted by atomic mass is 35.5. The van der Waals surface area contributed by atoms with Gasteiger partial charge in [-0.3, -0.25) is 4.79 Å². The molecule has 6 nitrogen and oxygen atoms in total. The summed E-state index contributed by atoms with van der Waals surface area (Å²) in [6, 6.07) is 1.57. The maximum atomic E-state index is 11.3. The minimum atomic E-state index is -0.102. The second-order valence-electron chi connectivity index (χ2n) is 3.09. The number of hydrogen-bond donors (Lipinski definition) is 2. The molecule has 0 fully saturated rings. The number of aromatic nitrogens is 2. The quantitative estimate of drug-likeness (QED) is 0.743. The van der Waals surface area contributed by atoms with E-state index in [4.69, 9.17) is 17.3 Å². The molecule has 0 aliphatic rings. The van der Waals surface area contributed by atoms with Gasteiger partial charge in [-0.15, -0.1) is 0 Å². The van der Waals surface area contributed by atoms with Gasteiger partial charge in [-0.05, 0) is 6.92 Å². The fourth-order valence-corrected chi connectivity index (χ4v) is 1.38. The Morgan fingerprint density at radius 2 is 2.31 bits per heavy atom. The van der Waals surface area contributed by atoms with Crippen LogP contribution in [0.25, 0.3) is 0 Å². The van der Waals surface area contributed by atoms with Crippen LogP contribution in [-0.2, 0) is 4.79 Å². The van der Waals surface area contributed by atoms with Gasteiger partial charge in [0.2, 0.25) is 11.9 Å². The first kappa shape index (κ1) is 12.5. The van der Waals surface area contributed by atoms with Crippen LogP contribution in [0.15, 0.2) is 6.07 Å². The number of halogens is 1. The number of amides is 1. The lowest BCUT2D eigenvalue weighted by Crippen LogP contribution is -2.36. The topological polar surface area (TPSA) is 84.1 Å². The van der Waals surface area contributed by atoms with Gasteiger partial charge in [-0.25, -0.2) is 4.98 Å². The molecule has 1 amide bonds. The van der Waals surface area contributed by atoms with Gasteiger partial charge in [0.15, 0.2) is 0 Å². The number of anilines is 2. The minimum absolute atomic E-state index is 0.0952. The molecular weight excluding hydrogens is 230 g/mol. The van der Waals surface area contributed by atoms with Crippen LogP contribution in [0, 0.1) is 0 Å². The smallest absolute Gasteiger partial charge is 0.239 e. The SMILES string of the molecule is CCN(CC(=O)NC)c1cc(Cl)nc(N)n1. The highest BCUT2D eigenvalue weighted by Crippen LogP contribution is 2.16. The van der Waals surface area contributed by atoms with E-state index in [1.54, 1.807) is 18.0 Å². The number of rotatable bonds is 4. The van der Waals surface area contributed by atoms with Crippen molar-refractivity contribution in [2.75, 3.05) is 30.8 Å². The largest absolute Gasteiger partial charge is 0.368 e. The Kier molecular flexibility index (Phi) is 4.30. The second kappa shape index (κ2) is 5.50. The van der Waals surface area contributed by atoms with Crippen molar-refractivity contribution in [1.82, 2.24) is 15.3 Å². The molecule has 0 aromatic carbocycles. The Morgan fingerprint density at radius 1 is 1.62 bits per heavy atom. The van der Waals surface area contributed by atoms with E-state index in [1.807, 2.05) is 6.92 Å². The van der Waals surface area contributed by atoms with E-state index in [0.29, 0.717) is 12.4 Å². The lowest BCUT2D eigenvalue weighted by molar-refractivity contribution is -0.119. The summed E-state index contributed by atoms with van der Waals surface area (Å²) in [5.41, 5.74) is 5.48. The Hall–Kier alpha value is -1.56. The molecule has 0 atom stereocenters. The van der Waals surface area contributed by atoms with Crippen molar-refractivity contribution in [2.45, 2.75) is 6.92 Å². The second-order valence-corrected chi connectivity index (χ2v) is 3.48. The Bertz CT molecular complexity index is 364. The van der Waals surface area contributed by atoms with E-state index in [2.05, 4.69) is 15.3 Å². The molecule has 7 heteroatoms. The first-order chi connectivity index (χ1) is 7.56. The zero-order chi connectivity index (χ0) is 12.1. The van der Waals surface area contributed by atoms with Crippen molar-refractivity contribution < 1.29 is 4.79 Å². The molecule has 88 valence electrons. The van der Waals surface area contributed by atoms with E-state index in [-0.39, 0.29) is 23.6 Å². The Labute approximate surface area is 98.8 Å². The van der Waals surface area contributed by atoms with Crippen molar-refractivity contribution in [3.8, 4) is 0 Å². The Balaban J connectivity index is 2.90. The van der Waals surface area contributed by atoms with Crippen molar-refractivity contribution in [3.63, 3.8) is 0 Å². The predicted molar refractivity (Wildman–Crippen MR) is 63.4 cm³/mol. The first-order valence-corrected chi connectivity index (χ1v) is 5.20. The summed E-state index contributed by atoms with van der Waals surface area (Å²) < 4.78 is 0. The lowest BCUT2D eigenvalue weighted by atomic mass is 10.4. The molecule has 1 aromatic rings. The summed E-state index contributed by atoms with van der Waals surface area (Å²) >= 11 is 5.76. The van der Waals surface area contributed by atoms with Crippen LogP contribution in [0.5, 0.6) is 0 Å². The van der Waals surface area contributed by atoms with Crippen molar-refractivity contribution in [2.24, 2.45) is 0 Å². The molecule has 16 heavy (non-hydrogen) atoms. The maximum Gasteiger partial charge on any atom is 0.239 e. The number of likely N-dealkylation sites (N-methyl/N-ethyl adjacent to an activating group) is 2. The third kappa shape index (κ3) is 3.23. The number of nitrogens with two attached hydrogens (primary N) is 1. The third-order valence-corrected chi connectivity index (χ3v) is 2.21. The summed E-state index contributed by atoms with van der Waals surface area (Å²) in [4.78, 5) is 20.8. The van der Waals surface area contributed by atoms with E-state index in [1.165, 1.54) is 0 Å². The Morgan fingerprint density at radius 3 is 2.81 bits per heavy atom. The highest BCUT2D eigenvalue weighted by Gasteiger charge is 2.11. The molecule has 0 aliphatic carbocycles. The summed E-state index contributed by atoms with van der Waals surface area (Å²) in [6.07, 6.45) is 0. The average Bonchev–Trinajstić information content (AvgIpc) is 2.24. The molecule has 0 bridgehead atoms. The van der Waals surface area contributed by atoms with Crippen LogP contribution in [0.2, 0.25) is 5.15 Å². The molecule has 1 aromatic heterocycles. The van der Waals surface area contributed by atoms with Crippen LogP contribution in [0.4, 0.5) is 11.8 Å². The molecule has 0 unspecified atom stereocenters. The van der Waals surface area contributed by atoms with Crippen LogP contribution in [0.3, 0.4) is 0 Å². The molecule has 0 spiro atoms. The van der Waals surface area contributed by atoms with Crippen LogP contribution >= 0.6 is 11.6 Å². The number of carbonyl (C=O) groups is 1. The van der Waals surface area contributed by atoms with Crippen molar-refractivity contribution in [1.29, 1.82) is 0 Å². The van der Waals surface area contributed by atoms with E-state index >= 15 is 0 Å². The molecule has 1 heterocycles. The molecular formula is C9H14ClN5O. The summed E-state index contributed by atoms with van der Waals surface area (Å²) in [7, 11) is 1.58. The molecule has 0 radical (unpaired) electrons. The van der Waals surface area contributed by atoms with Crippen LogP contribution in [0.1, 0.15) is 6.92 Å². The van der Waals surface area contributed by atoms with Gasteiger partial charge in [-0.2, -0.15) is 4.98 Å². The van der Waals surface area contributed by atoms with Gasteiger partial charge >= 0.3 is 0 Å². The number of nitrogens with one attached hydrogen (secondary N) is 1. The maximum absolute atomic E-state index is 11.3. The highest BCUT2D eigenvalue weighted by molar-refractivity contribution is 6.29. The van der Waals surface area contributed by atoms with Crippen LogP contribution < -0.4 is 16.0 Å². The fourth-order valence-electron chi connectivity index (χ4n) is 1.19. The molecule has 0 aliphatic heterocycles. The minimum Gasteiger partial charge on any atom is -0.368 e. The molecule has 3 N–H and O–H groups in total. The lowest BCUT2D eigenvalue weighted by Gasteiger charge is -2.20. The van der Waals surface area contributed by atoms with Crippen molar-refractivity contribution >= 4 is 29.3 Å².